The molecule has 0 aromatic heterocycles. The molecule has 1 N–H and O–H groups in total. The first-order valence-corrected chi connectivity index (χ1v) is 28.6. The van der Waals surface area contributed by atoms with Crippen molar-refractivity contribution in [1.82, 2.24) is 0 Å². The van der Waals surface area contributed by atoms with Crippen molar-refractivity contribution in [2.24, 2.45) is 11.8 Å². The summed E-state index contributed by atoms with van der Waals surface area (Å²) in [7, 11) is 2.45. The molecule has 4 aliphatic heterocycles. The maximum atomic E-state index is 11.9. The molecule has 0 saturated carbocycles. The van der Waals surface area contributed by atoms with Crippen molar-refractivity contribution in [3.8, 4) is 5.75 Å². The van der Waals surface area contributed by atoms with Gasteiger partial charge in [-0.3, -0.25) is 0 Å². The Morgan fingerprint density at radius 2 is 1.04 bits per heavy atom. The summed E-state index contributed by atoms with van der Waals surface area (Å²) in [5.41, 5.74) is 0.993. The lowest BCUT2D eigenvalue weighted by molar-refractivity contribution is -0.224. The first kappa shape index (κ1) is 62.5. The number of aliphatic hydroxyl groups excluding tert-OH is 1. The van der Waals surface area contributed by atoms with Gasteiger partial charge < -0.3 is 60.7 Å². The van der Waals surface area contributed by atoms with Crippen LogP contribution in [-0.2, 0) is 67.1 Å². The molecule has 4 fully saturated rings. The summed E-state index contributed by atoms with van der Waals surface area (Å²) in [6, 6.07) is 7.71. The van der Waals surface area contributed by atoms with Crippen LogP contribution in [0.2, 0.25) is 20.2 Å². The van der Waals surface area contributed by atoms with E-state index in [1.165, 1.54) is 32.4 Å². The number of fused-ring (bicyclic) bond motifs is 2. The van der Waals surface area contributed by atoms with E-state index in [0.717, 1.165) is 11.3 Å². The highest BCUT2D eigenvalue weighted by Crippen LogP contribution is 2.57. The van der Waals surface area contributed by atoms with Gasteiger partial charge in [0.15, 0.2) is 0 Å². The highest BCUT2D eigenvalue weighted by molar-refractivity contribution is 6.74. The number of aliphatic hydroxyl groups is 1. The molecule has 0 unspecified atom stereocenters. The zero-order chi connectivity index (χ0) is 53.9. The molecule has 1 aromatic carbocycles. The molecule has 4 heterocycles. The fourth-order valence-corrected chi connectivity index (χ4v) is 20.7. The Balaban J connectivity index is 0.000000374. The van der Waals surface area contributed by atoms with Gasteiger partial charge in [-0.2, -0.15) is 0 Å². The van der Waals surface area contributed by atoms with E-state index in [-0.39, 0.29) is 80.8 Å². The zero-order valence-electron chi connectivity index (χ0n) is 46.7. The van der Waals surface area contributed by atoms with Crippen LogP contribution in [0.25, 0.3) is 0 Å². The van der Waals surface area contributed by atoms with Gasteiger partial charge in [0.25, 0.3) is 0 Å². The third-order valence-corrected chi connectivity index (χ3v) is 24.5. The predicted octanol–water partition coefficient (Wildman–Crippen LogP) is 9.72. The molecule has 4 saturated heterocycles. The van der Waals surface area contributed by atoms with Gasteiger partial charge in [-0.15, -0.1) is 13.2 Å². The van der Waals surface area contributed by atoms with Crippen molar-refractivity contribution < 1.29 is 70.3 Å². The topological polar surface area (TPSA) is 165 Å². The van der Waals surface area contributed by atoms with Crippen molar-refractivity contribution in [3.63, 3.8) is 0 Å². The molecular weight excluding hydrogens is 945 g/mol. The van der Waals surface area contributed by atoms with Crippen LogP contribution in [0.1, 0.15) is 115 Å². The number of ether oxygens (including phenoxy) is 8. The van der Waals surface area contributed by atoms with E-state index in [2.05, 4.69) is 108 Å². The number of esters is 2. The Hall–Kier alpha value is -2.79. The smallest absolute Gasteiger partial charge is 0.349 e. The van der Waals surface area contributed by atoms with Gasteiger partial charge in [0, 0.05) is 71.2 Å². The standard InChI is InChI=1S/C30H48O8Si.C22H40O7Si.C2H4/c1-20(23(15-16-27(31)34-10)35-18-21-11-13-22(32-8)14-12-21)28-25(33-9)17-24-26(37-28)19-36-39(38-24,29(2,3)4)30(5,6)7;1-14(15(23)10-11-19(24)26-9)20-17(25-8)12-16-18(28-20)13-27-30(29-16,21(2,3)4)22(5,6)7;1-2/h11-16,20,23-26,28H,17-19H2,1-10H3;10-11,14-18,20,23H,12-13H2,1-9H3;1-2H2/b16-15+;11-10+;/t20-,23+,24-,25+,26-,28+;14-,15+,16-,17+,18-,20+;/m11./s1. The van der Waals surface area contributed by atoms with Crippen molar-refractivity contribution in [2.45, 2.75) is 198 Å². The lowest BCUT2D eigenvalue weighted by Gasteiger charge is -2.57. The van der Waals surface area contributed by atoms with Crippen molar-refractivity contribution >= 4 is 29.1 Å². The summed E-state index contributed by atoms with van der Waals surface area (Å²) in [5, 5.41) is 10.1. The molecule has 0 amide bonds. The molecular formula is C54H92O15Si2. The van der Waals surface area contributed by atoms with Gasteiger partial charge in [0.2, 0.25) is 0 Å². The minimum atomic E-state index is -2.63. The Morgan fingerprint density at radius 1 is 0.648 bits per heavy atom. The zero-order valence-corrected chi connectivity index (χ0v) is 48.7. The third-order valence-electron chi connectivity index (χ3n) is 14.2. The van der Waals surface area contributed by atoms with Crippen molar-refractivity contribution in [3.05, 3.63) is 67.3 Å². The maximum Gasteiger partial charge on any atom is 0.349 e. The largest absolute Gasteiger partial charge is 0.497 e. The summed E-state index contributed by atoms with van der Waals surface area (Å²) in [6.07, 6.45) is 4.18. The average molecular weight is 1040 g/mol. The van der Waals surface area contributed by atoms with E-state index in [4.69, 9.17) is 50.9 Å². The van der Waals surface area contributed by atoms with Crippen LogP contribution in [0.15, 0.2) is 61.7 Å². The number of hydrogen-bond acceptors (Lipinski definition) is 15. The van der Waals surface area contributed by atoms with Crippen LogP contribution in [-0.4, -0.2) is 144 Å². The number of benzene rings is 1. The predicted molar refractivity (Wildman–Crippen MR) is 280 cm³/mol. The Bertz CT molecular complexity index is 1840. The van der Waals surface area contributed by atoms with Gasteiger partial charge in [0.05, 0.1) is 90.0 Å². The minimum Gasteiger partial charge on any atom is -0.497 e. The summed E-state index contributed by atoms with van der Waals surface area (Å²) >= 11 is 0. The van der Waals surface area contributed by atoms with E-state index in [9.17, 15) is 14.7 Å². The highest BCUT2D eigenvalue weighted by atomic mass is 28.4. The quantitative estimate of drug-likeness (QED) is 0.0810. The molecule has 0 bridgehead atoms. The first-order chi connectivity index (χ1) is 33.0. The average Bonchev–Trinajstić information content (AvgIpc) is 3.33. The molecule has 17 heteroatoms. The first-order valence-electron chi connectivity index (χ1n) is 25.0. The lowest BCUT2D eigenvalue weighted by atomic mass is 9.87. The molecule has 5 rings (SSSR count). The van der Waals surface area contributed by atoms with E-state index in [1.54, 1.807) is 27.4 Å². The second-order valence-electron chi connectivity index (χ2n) is 23.1. The van der Waals surface area contributed by atoms with Crippen LogP contribution in [0.4, 0.5) is 0 Å². The van der Waals surface area contributed by atoms with Crippen LogP contribution in [0.5, 0.6) is 5.75 Å². The fourth-order valence-electron chi connectivity index (χ4n) is 10.8. The van der Waals surface area contributed by atoms with Crippen molar-refractivity contribution in [2.75, 3.05) is 48.8 Å². The molecule has 406 valence electrons. The second-order valence-corrected chi connectivity index (χ2v) is 32.6. The van der Waals surface area contributed by atoms with Gasteiger partial charge in [-0.1, -0.05) is 109 Å². The fraction of sp³-hybridized carbons (Fsp3) is 0.741. The molecule has 1 aromatic rings. The number of rotatable bonds is 14. The van der Waals surface area contributed by atoms with Gasteiger partial charge in [-0.25, -0.2) is 9.59 Å². The lowest BCUT2D eigenvalue weighted by Crippen LogP contribution is -2.68. The number of carbonyl (C=O) groups excluding carboxylic acids is 2. The van der Waals surface area contributed by atoms with Crippen LogP contribution < -0.4 is 4.74 Å². The van der Waals surface area contributed by atoms with Gasteiger partial charge in [-0.05, 0) is 29.8 Å². The monoisotopic (exact) mass is 1040 g/mol. The normalized spacial score (nSPS) is 28.3. The van der Waals surface area contributed by atoms with Crippen LogP contribution in [0.3, 0.4) is 0 Å². The van der Waals surface area contributed by atoms with E-state index >= 15 is 0 Å². The summed E-state index contributed by atoms with van der Waals surface area (Å²) < 4.78 is 72.7. The number of carbonyl (C=O) groups is 2. The Morgan fingerprint density at radius 3 is 1.41 bits per heavy atom. The highest BCUT2D eigenvalue weighted by Gasteiger charge is 2.65. The summed E-state index contributed by atoms with van der Waals surface area (Å²) in [4.78, 5) is 23.3. The van der Waals surface area contributed by atoms with Gasteiger partial charge in [0.1, 0.15) is 18.0 Å². The van der Waals surface area contributed by atoms with Crippen LogP contribution >= 0.6 is 0 Å². The maximum absolute atomic E-state index is 11.9. The van der Waals surface area contributed by atoms with Gasteiger partial charge >= 0.3 is 29.1 Å². The molecule has 0 aliphatic carbocycles. The Labute approximate surface area is 429 Å². The minimum absolute atomic E-state index is 0.0994. The Kier molecular flexibility index (Phi) is 23.0. The number of hydrogen-bond donors (Lipinski definition) is 1. The van der Waals surface area contributed by atoms with Crippen LogP contribution in [0, 0.1) is 11.8 Å². The number of methoxy groups -OCH3 is 5. The molecule has 71 heavy (non-hydrogen) atoms. The van der Waals surface area contributed by atoms with E-state index < -0.39 is 41.3 Å². The summed E-state index contributed by atoms with van der Waals surface area (Å²) in [5.74, 6) is -0.582. The third kappa shape index (κ3) is 15.0. The second kappa shape index (κ2) is 26.1. The molecule has 12 atom stereocenters. The molecule has 4 aliphatic rings. The van der Waals surface area contributed by atoms with E-state index in [1.807, 2.05) is 31.2 Å². The molecule has 15 nitrogen and oxygen atoms in total. The summed E-state index contributed by atoms with van der Waals surface area (Å²) in [6.45, 7) is 37.7. The SMILES string of the molecule is C=C.COC(=O)/C=C/[C@H](O)[C@@H](C)[C@@H]1O[C@@H]2CO[Si](C(C)(C)C)(C(C)(C)C)O[C@@H]2C[C@@H]1OC.COC(=O)/C=C/[C@H](OCc1ccc(OC)cc1)[C@@H](C)[C@@H]1O[C@@H]2CO[Si](C(C)(C)C)(C(C)(C)C)O[C@@H]2C[C@@H]1OC. The molecule has 0 spiro atoms. The van der Waals surface area contributed by atoms with Crippen molar-refractivity contribution in [1.29, 1.82) is 0 Å². The van der Waals surface area contributed by atoms with E-state index in [0.29, 0.717) is 32.7 Å². The molecule has 0 radical (unpaired) electrons.